The van der Waals surface area contributed by atoms with Crippen LogP contribution in [0.4, 0.5) is 0 Å². The minimum atomic E-state index is -3.54. The molecule has 3 heterocycles. The molecule has 150 valence electrons. The molecule has 3 unspecified atom stereocenters. The lowest BCUT2D eigenvalue weighted by molar-refractivity contribution is -0.0302. The highest BCUT2D eigenvalue weighted by Crippen LogP contribution is 2.63. The van der Waals surface area contributed by atoms with Crippen LogP contribution in [-0.2, 0) is 20.4 Å². The van der Waals surface area contributed by atoms with Gasteiger partial charge in [0.1, 0.15) is 24.1 Å². The molecule has 0 spiro atoms. The zero-order valence-corrected chi connectivity index (χ0v) is 16.8. The molecular weight excluding hydrogens is 407 g/mol. The molecule has 0 radical (unpaired) electrons. The zero-order valence-electron chi connectivity index (χ0n) is 15.1. The summed E-state index contributed by atoms with van der Waals surface area (Å²) in [5.74, 6) is 0.921. The van der Waals surface area contributed by atoms with Crippen LogP contribution < -0.4 is 15.0 Å². The maximum atomic E-state index is 12.0. The van der Waals surface area contributed by atoms with E-state index in [0.717, 1.165) is 5.56 Å². The van der Waals surface area contributed by atoms with Gasteiger partial charge in [0.15, 0.2) is 5.75 Å². The molecule has 4 rings (SSSR count). The van der Waals surface area contributed by atoms with Crippen LogP contribution in [0.2, 0.25) is 0 Å². The highest BCUT2D eigenvalue weighted by Gasteiger charge is 2.52. The molecule has 2 N–H and O–H groups in total. The van der Waals surface area contributed by atoms with E-state index in [2.05, 4.69) is 4.98 Å². The average Bonchev–Trinajstić information content (AvgIpc) is 3.15. The van der Waals surface area contributed by atoms with Crippen LogP contribution >= 0.6 is 20.4 Å². The molecule has 1 aromatic heterocycles. The molecule has 9 nitrogen and oxygen atoms in total. The van der Waals surface area contributed by atoms with E-state index < -0.39 is 14.4 Å². The molecule has 0 bridgehead atoms. The van der Waals surface area contributed by atoms with E-state index in [0.29, 0.717) is 29.0 Å². The first-order chi connectivity index (χ1) is 13.5. The van der Waals surface area contributed by atoms with Gasteiger partial charge in [-0.05, 0) is 25.0 Å². The van der Waals surface area contributed by atoms with E-state index in [4.69, 9.17) is 35.3 Å². The summed E-state index contributed by atoms with van der Waals surface area (Å²) in [6, 6.07) is 7.02. The average molecular weight is 427 g/mol. The predicted molar refractivity (Wildman–Crippen MR) is 103 cm³/mol. The van der Waals surface area contributed by atoms with Crippen molar-refractivity contribution in [3.63, 3.8) is 0 Å². The molecule has 2 aliphatic rings. The third kappa shape index (κ3) is 3.98. The third-order valence-corrected chi connectivity index (χ3v) is 6.12. The number of H-pyrrole nitrogens is 1. The van der Waals surface area contributed by atoms with Crippen molar-refractivity contribution in [3.05, 3.63) is 51.2 Å². The van der Waals surface area contributed by atoms with Gasteiger partial charge in [0.25, 0.3) is 0 Å². The number of nitrogens with zero attached hydrogens (tertiary/aromatic N) is 1. The number of hydrogen-bond donors (Lipinski definition) is 2. The number of aromatic nitrogens is 2. The van der Waals surface area contributed by atoms with Gasteiger partial charge in [0.05, 0.1) is 13.2 Å². The van der Waals surface area contributed by atoms with Crippen molar-refractivity contribution in [1.29, 1.82) is 0 Å². The maximum absolute atomic E-state index is 12.0. The van der Waals surface area contributed by atoms with Gasteiger partial charge in [0, 0.05) is 11.8 Å². The van der Waals surface area contributed by atoms with Crippen molar-refractivity contribution >= 4 is 20.4 Å². The number of methoxy groups -OCH3 is 1. The summed E-state index contributed by atoms with van der Waals surface area (Å²) in [5.41, 5.74) is 0.443. The van der Waals surface area contributed by atoms with E-state index in [1.165, 1.54) is 11.7 Å². The smallest absolute Gasteiger partial charge is 0.493 e. The van der Waals surface area contributed by atoms with Crippen LogP contribution in [0.1, 0.15) is 24.6 Å². The Hall–Kier alpha value is -1.81. The molecule has 3 atom stereocenters. The van der Waals surface area contributed by atoms with E-state index in [9.17, 15) is 9.69 Å². The highest BCUT2D eigenvalue weighted by atomic mass is 32.1. The lowest BCUT2D eigenvalue weighted by Gasteiger charge is -2.23. The standard InChI is InChI=1S/C17H19N2O7PS/c1-22-13-4-2-3-11-9-23-27(21,26-16(11)13)24-10-12-5-6-15(25-12)19-8-7-14(28)18-17(19)20/h2-4,7-8,12,15,21H,5-6,9-10H2,1H3/p+1. The van der Waals surface area contributed by atoms with Crippen molar-refractivity contribution in [2.75, 3.05) is 13.7 Å². The molecule has 1 saturated heterocycles. The Morgan fingerprint density at radius 3 is 3.04 bits per heavy atom. The lowest BCUT2D eigenvalue weighted by Crippen LogP contribution is -2.27. The van der Waals surface area contributed by atoms with Crippen LogP contribution in [-0.4, -0.2) is 34.3 Å². The fourth-order valence-electron chi connectivity index (χ4n) is 3.14. The van der Waals surface area contributed by atoms with Crippen molar-refractivity contribution in [1.82, 2.24) is 9.55 Å². The lowest BCUT2D eigenvalue weighted by atomic mass is 10.2. The molecule has 0 saturated carbocycles. The molecule has 2 aliphatic heterocycles. The van der Waals surface area contributed by atoms with Crippen LogP contribution in [0.5, 0.6) is 11.5 Å². The summed E-state index contributed by atoms with van der Waals surface area (Å²) in [7, 11) is -2.02. The number of para-hydroxylation sites is 1. The summed E-state index contributed by atoms with van der Waals surface area (Å²) in [6.45, 7) is 0.229. The van der Waals surface area contributed by atoms with Crippen molar-refractivity contribution in [3.8, 4) is 11.5 Å². The normalized spacial score (nSPS) is 26.5. The van der Waals surface area contributed by atoms with Gasteiger partial charge < -0.3 is 9.47 Å². The zero-order chi connectivity index (χ0) is 19.7. The van der Waals surface area contributed by atoms with Crippen molar-refractivity contribution in [2.24, 2.45) is 0 Å². The summed E-state index contributed by atoms with van der Waals surface area (Å²) in [6.07, 6.45) is 2.16. The van der Waals surface area contributed by atoms with Gasteiger partial charge in [-0.1, -0.05) is 24.4 Å². The summed E-state index contributed by atoms with van der Waals surface area (Å²) in [4.78, 5) is 25.2. The Kier molecular flexibility index (Phi) is 5.50. The first-order valence-corrected chi connectivity index (χ1v) is 10.6. The van der Waals surface area contributed by atoms with E-state index in [1.54, 1.807) is 18.3 Å². The molecule has 2 aromatic rings. The SMILES string of the molecule is COc1cccc2c1O[P+](O)(OCC1CCC(n3ccc(=S)[nH]c3=O)O1)OC2. The second-order valence-corrected chi connectivity index (χ2v) is 8.46. The number of nitrogens with one attached hydrogen (secondary N) is 1. The first kappa shape index (κ1) is 19.5. The molecular formula is C17H20N2O7PS+. The van der Waals surface area contributed by atoms with Gasteiger partial charge in [-0.3, -0.25) is 14.1 Å². The summed E-state index contributed by atoms with van der Waals surface area (Å²) < 4.78 is 29.6. The molecule has 1 aromatic carbocycles. The molecule has 11 heteroatoms. The van der Waals surface area contributed by atoms with Gasteiger partial charge in [-0.25, -0.2) is 4.79 Å². The van der Waals surface area contributed by atoms with Crippen molar-refractivity contribution < 1.29 is 27.9 Å². The largest absolute Gasteiger partial charge is 0.619 e. The minimum Gasteiger partial charge on any atom is -0.493 e. The second-order valence-electron chi connectivity index (χ2n) is 6.39. The predicted octanol–water partition coefficient (Wildman–Crippen LogP) is 2.89. The third-order valence-electron chi connectivity index (χ3n) is 4.54. The number of hydrogen-bond acceptors (Lipinski definition) is 8. The fourth-order valence-corrected chi connectivity index (χ4v) is 4.56. The Morgan fingerprint density at radius 1 is 1.39 bits per heavy atom. The van der Waals surface area contributed by atoms with Crippen LogP contribution in [0.3, 0.4) is 0 Å². The summed E-state index contributed by atoms with van der Waals surface area (Å²) >= 11 is 4.94. The number of aromatic amines is 1. The highest BCUT2D eigenvalue weighted by molar-refractivity contribution is 7.71. The Bertz CT molecular complexity index is 966. The quantitative estimate of drug-likeness (QED) is 0.555. The first-order valence-electron chi connectivity index (χ1n) is 8.71. The number of fused-ring (bicyclic) bond motifs is 1. The Morgan fingerprint density at radius 2 is 2.25 bits per heavy atom. The van der Waals surface area contributed by atoms with Gasteiger partial charge in [-0.2, -0.15) is 4.89 Å². The topological polar surface area (TPSA) is 104 Å². The molecule has 0 amide bonds. The van der Waals surface area contributed by atoms with Gasteiger partial charge in [0.2, 0.25) is 5.75 Å². The van der Waals surface area contributed by atoms with Gasteiger partial charge in [-0.15, -0.1) is 9.05 Å². The Labute approximate surface area is 166 Å². The summed E-state index contributed by atoms with van der Waals surface area (Å²) in [5, 5.41) is 0. The number of benzene rings is 1. The van der Waals surface area contributed by atoms with Crippen LogP contribution in [0.15, 0.2) is 35.3 Å². The minimum absolute atomic E-state index is 0.0723. The van der Waals surface area contributed by atoms with Gasteiger partial charge >= 0.3 is 13.9 Å². The number of rotatable bonds is 5. The van der Waals surface area contributed by atoms with Crippen LogP contribution in [0.25, 0.3) is 0 Å². The monoisotopic (exact) mass is 427 g/mol. The van der Waals surface area contributed by atoms with E-state index in [-0.39, 0.29) is 25.0 Å². The molecule has 1 fully saturated rings. The van der Waals surface area contributed by atoms with Crippen molar-refractivity contribution in [2.45, 2.75) is 31.8 Å². The maximum Gasteiger partial charge on any atom is 0.619 e. The molecule has 0 aliphatic carbocycles. The van der Waals surface area contributed by atoms with Crippen LogP contribution in [0, 0.1) is 4.64 Å². The van der Waals surface area contributed by atoms with E-state index in [1.807, 2.05) is 12.1 Å². The second kappa shape index (κ2) is 7.90. The fraction of sp³-hybridized carbons (Fsp3) is 0.412. The van der Waals surface area contributed by atoms with E-state index >= 15 is 0 Å². The Balaban J connectivity index is 1.38. The molecule has 28 heavy (non-hydrogen) atoms. The number of ether oxygens (including phenoxy) is 2.